The Morgan fingerprint density at radius 3 is 2.59 bits per heavy atom. The molecule has 2 bridgehead atoms. The average molecular weight is 392 g/mol. The maximum atomic E-state index is 14.0. The molecule has 2 fully saturated rings. The zero-order valence-electron chi connectivity index (χ0n) is 14.8. The molecule has 2 aliphatic rings. The van der Waals surface area contributed by atoms with Crippen LogP contribution < -0.4 is 10.2 Å². The SMILES string of the molecule is O=C(O)N(CC1CC2CCC(C1)N2)c1sccc1Cc1ccc(F)cc1F. The number of fused-ring (bicyclic) bond motifs is 2. The van der Waals surface area contributed by atoms with Crippen LogP contribution in [0.1, 0.15) is 36.8 Å². The summed E-state index contributed by atoms with van der Waals surface area (Å²) in [5.74, 6) is -0.893. The predicted molar refractivity (Wildman–Crippen MR) is 102 cm³/mol. The van der Waals surface area contributed by atoms with Crippen LogP contribution in [0.3, 0.4) is 0 Å². The standard InChI is InChI=1S/C20H22F2N2O2S/c21-15-2-1-13(18(22)10-15)9-14-5-6-27-19(14)24(20(25)26)11-12-7-16-3-4-17(8-12)23-16/h1-2,5-6,10,12,16-17,23H,3-4,7-9,11H2,(H,25,26). The van der Waals surface area contributed by atoms with Crippen molar-refractivity contribution in [3.63, 3.8) is 0 Å². The van der Waals surface area contributed by atoms with Crippen LogP contribution in [0.4, 0.5) is 18.6 Å². The van der Waals surface area contributed by atoms with Crippen molar-refractivity contribution in [2.24, 2.45) is 5.92 Å². The van der Waals surface area contributed by atoms with Gasteiger partial charge < -0.3 is 10.4 Å². The number of amides is 1. The van der Waals surface area contributed by atoms with E-state index in [-0.39, 0.29) is 6.42 Å². The largest absolute Gasteiger partial charge is 0.465 e. The van der Waals surface area contributed by atoms with Crippen molar-refractivity contribution in [3.8, 4) is 0 Å². The van der Waals surface area contributed by atoms with Crippen LogP contribution in [-0.4, -0.2) is 29.8 Å². The van der Waals surface area contributed by atoms with Crippen molar-refractivity contribution in [3.05, 3.63) is 52.4 Å². The lowest BCUT2D eigenvalue weighted by Crippen LogP contribution is -2.43. The second-order valence-corrected chi connectivity index (χ2v) is 8.43. The van der Waals surface area contributed by atoms with Crippen molar-refractivity contribution < 1.29 is 18.7 Å². The van der Waals surface area contributed by atoms with Gasteiger partial charge in [0.05, 0.1) is 0 Å². The third-order valence-electron chi connectivity index (χ3n) is 5.61. The highest BCUT2D eigenvalue weighted by Crippen LogP contribution is 2.35. The summed E-state index contributed by atoms with van der Waals surface area (Å²) in [6, 6.07) is 6.33. The van der Waals surface area contributed by atoms with Crippen molar-refractivity contribution in [1.29, 1.82) is 0 Å². The van der Waals surface area contributed by atoms with Gasteiger partial charge in [-0.25, -0.2) is 13.6 Å². The molecule has 2 N–H and O–H groups in total. The molecule has 1 aromatic heterocycles. The Morgan fingerprint density at radius 2 is 1.93 bits per heavy atom. The fourth-order valence-corrected chi connectivity index (χ4v) is 5.33. The number of nitrogens with one attached hydrogen (secondary N) is 1. The van der Waals surface area contributed by atoms with Gasteiger partial charge in [0, 0.05) is 31.1 Å². The van der Waals surface area contributed by atoms with Crippen molar-refractivity contribution >= 4 is 22.4 Å². The van der Waals surface area contributed by atoms with Crippen LogP contribution in [0.5, 0.6) is 0 Å². The summed E-state index contributed by atoms with van der Waals surface area (Å²) in [5.41, 5.74) is 1.12. The molecule has 2 aliphatic heterocycles. The Kier molecular flexibility index (Phi) is 5.14. The van der Waals surface area contributed by atoms with E-state index in [1.807, 2.05) is 11.4 Å². The lowest BCUT2D eigenvalue weighted by atomic mass is 9.92. The van der Waals surface area contributed by atoms with Crippen LogP contribution in [0.25, 0.3) is 0 Å². The molecule has 0 saturated carbocycles. The normalized spacial score (nSPS) is 24.1. The summed E-state index contributed by atoms with van der Waals surface area (Å²) in [4.78, 5) is 13.4. The molecule has 1 amide bonds. The van der Waals surface area contributed by atoms with Gasteiger partial charge in [0.25, 0.3) is 0 Å². The quantitative estimate of drug-likeness (QED) is 0.780. The summed E-state index contributed by atoms with van der Waals surface area (Å²) in [6.45, 7) is 0.462. The van der Waals surface area contributed by atoms with Crippen LogP contribution in [0.2, 0.25) is 0 Å². The van der Waals surface area contributed by atoms with E-state index in [0.717, 1.165) is 24.5 Å². The minimum absolute atomic E-state index is 0.242. The van der Waals surface area contributed by atoms with E-state index in [4.69, 9.17) is 0 Å². The van der Waals surface area contributed by atoms with E-state index in [9.17, 15) is 18.7 Å². The molecule has 0 aliphatic carbocycles. The van der Waals surface area contributed by atoms with Crippen molar-refractivity contribution in [2.45, 2.75) is 44.2 Å². The van der Waals surface area contributed by atoms with Gasteiger partial charge in [-0.1, -0.05) is 6.07 Å². The number of anilines is 1. The number of thiophene rings is 1. The Morgan fingerprint density at radius 1 is 1.19 bits per heavy atom. The molecular weight excluding hydrogens is 370 g/mol. The highest BCUT2D eigenvalue weighted by Gasteiger charge is 2.35. The first-order chi connectivity index (χ1) is 13.0. The van der Waals surface area contributed by atoms with Gasteiger partial charge in [0.15, 0.2) is 0 Å². The molecule has 144 valence electrons. The third kappa shape index (κ3) is 3.99. The first-order valence-corrected chi connectivity index (χ1v) is 10.1. The summed E-state index contributed by atoms with van der Waals surface area (Å²) < 4.78 is 27.2. The molecule has 4 nitrogen and oxygen atoms in total. The summed E-state index contributed by atoms with van der Waals surface area (Å²) in [5, 5.41) is 15.8. The van der Waals surface area contributed by atoms with Crippen LogP contribution in [0.15, 0.2) is 29.6 Å². The van der Waals surface area contributed by atoms with E-state index in [0.29, 0.717) is 35.1 Å². The van der Waals surface area contributed by atoms with Crippen molar-refractivity contribution in [1.82, 2.24) is 5.32 Å². The zero-order valence-corrected chi connectivity index (χ0v) is 15.6. The van der Waals surface area contributed by atoms with Gasteiger partial charge >= 0.3 is 6.09 Å². The Labute approximate surface area is 160 Å². The number of halogens is 2. The summed E-state index contributed by atoms with van der Waals surface area (Å²) in [6.07, 6.45) is 3.59. The average Bonchev–Trinajstić information content (AvgIpc) is 3.21. The molecule has 27 heavy (non-hydrogen) atoms. The van der Waals surface area contributed by atoms with E-state index in [1.165, 1.54) is 41.2 Å². The van der Waals surface area contributed by atoms with Gasteiger partial charge in [0.2, 0.25) is 0 Å². The number of carbonyl (C=O) groups is 1. The molecule has 0 radical (unpaired) electrons. The number of piperidine rings is 1. The fraction of sp³-hybridized carbons (Fsp3) is 0.450. The summed E-state index contributed by atoms with van der Waals surface area (Å²) in [7, 11) is 0. The third-order valence-corrected chi connectivity index (χ3v) is 6.59. The number of rotatable bonds is 5. The van der Waals surface area contributed by atoms with Crippen LogP contribution in [0, 0.1) is 17.6 Å². The smallest absolute Gasteiger partial charge is 0.412 e. The van der Waals surface area contributed by atoms with E-state index in [2.05, 4.69) is 5.32 Å². The van der Waals surface area contributed by atoms with Gasteiger partial charge in [-0.2, -0.15) is 0 Å². The fourth-order valence-electron chi connectivity index (χ4n) is 4.40. The number of carboxylic acid groups (broad SMARTS) is 1. The first-order valence-electron chi connectivity index (χ1n) is 9.26. The van der Waals surface area contributed by atoms with Crippen LogP contribution >= 0.6 is 11.3 Å². The van der Waals surface area contributed by atoms with Crippen molar-refractivity contribution in [2.75, 3.05) is 11.4 Å². The Bertz CT molecular complexity index is 829. The highest BCUT2D eigenvalue weighted by atomic mass is 32.1. The predicted octanol–water partition coefficient (Wildman–Crippen LogP) is 4.63. The number of hydrogen-bond donors (Lipinski definition) is 2. The Hall–Kier alpha value is -1.99. The Balaban J connectivity index is 1.53. The molecule has 2 atom stereocenters. The lowest BCUT2D eigenvalue weighted by molar-refractivity contribution is 0.198. The first kappa shape index (κ1) is 18.4. The van der Waals surface area contributed by atoms with Gasteiger partial charge in [-0.3, -0.25) is 4.90 Å². The molecule has 3 heterocycles. The zero-order chi connectivity index (χ0) is 19.0. The molecule has 1 aromatic carbocycles. The molecule has 2 saturated heterocycles. The van der Waals surface area contributed by atoms with Crippen LogP contribution in [-0.2, 0) is 6.42 Å². The maximum absolute atomic E-state index is 14.0. The number of nitrogens with zero attached hydrogens (tertiary/aromatic N) is 1. The molecular formula is C20H22F2N2O2S. The van der Waals surface area contributed by atoms with E-state index in [1.54, 1.807) is 0 Å². The molecule has 0 spiro atoms. The van der Waals surface area contributed by atoms with Gasteiger partial charge in [0.1, 0.15) is 16.6 Å². The maximum Gasteiger partial charge on any atom is 0.412 e. The summed E-state index contributed by atoms with van der Waals surface area (Å²) >= 11 is 1.35. The monoisotopic (exact) mass is 392 g/mol. The molecule has 7 heteroatoms. The second-order valence-electron chi connectivity index (χ2n) is 7.53. The van der Waals surface area contributed by atoms with Gasteiger partial charge in [-0.15, -0.1) is 11.3 Å². The lowest BCUT2D eigenvalue weighted by Gasteiger charge is -2.32. The second kappa shape index (κ2) is 7.56. The molecule has 2 unspecified atom stereocenters. The minimum Gasteiger partial charge on any atom is -0.465 e. The highest BCUT2D eigenvalue weighted by molar-refractivity contribution is 7.14. The molecule has 2 aromatic rings. The topological polar surface area (TPSA) is 52.6 Å². The van der Waals surface area contributed by atoms with Gasteiger partial charge in [-0.05, 0) is 60.2 Å². The van der Waals surface area contributed by atoms with E-state index < -0.39 is 17.7 Å². The minimum atomic E-state index is -0.982. The number of hydrogen-bond acceptors (Lipinski definition) is 3. The number of benzene rings is 1. The van der Waals surface area contributed by atoms with E-state index >= 15 is 0 Å². The molecule has 4 rings (SSSR count).